The molecule has 0 bridgehead atoms. The highest BCUT2D eigenvalue weighted by atomic mass is 32.1. The zero-order valence-electron chi connectivity index (χ0n) is 11.8. The van der Waals surface area contributed by atoms with Gasteiger partial charge in [0.25, 0.3) is 5.56 Å². The number of hydrogen-bond acceptors (Lipinski definition) is 6. The topological polar surface area (TPSA) is 109 Å². The van der Waals surface area contributed by atoms with Gasteiger partial charge in [-0.2, -0.15) is 0 Å². The van der Waals surface area contributed by atoms with Gasteiger partial charge >= 0.3 is 5.69 Å². The lowest BCUT2D eigenvalue weighted by Crippen LogP contribution is -2.29. The molecule has 110 valence electrons. The van der Waals surface area contributed by atoms with E-state index in [1.165, 1.54) is 16.1 Å². The predicted octanol–water partition coefficient (Wildman–Crippen LogP) is 1.07. The molecule has 0 aromatic carbocycles. The van der Waals surface area contributed by atoms with Crippen LogP contribution in [-0.4, -0.2) is 29.1 Å². The van der Waals surface area contributed by atoms with Gasteiger partial charge in [0.15, 0.2) is 11.5 Å². The van der Waals surface area contributed by atoms with E-state index in [1.54, 1.807) is 0 Å². The smallest absolute Gasteiger partial charge is 0.330 e. The number of aromatic nitrogens is 6. The highest BCUT2D eigenvalue weighted by Crippen LogP contribution is 2.29. The molecule has 3 aromatic heterocycles. The molecule has 3 aromatic rings. The molecule has 0 aliphatic carbocycles. The third-order valence-electron chi connectivity index (χ3n) is 3.22. The molecule has 0 aliphatic rings. The summed E-state index contributed by atoms with van der Waals surface area (Å²) in [5, 5.41) is 4.10. The Labute approximate surface area is 123 Å². The maximum Gasteiger partial charge on any atom is 0.330 e. The van der Waals surface area contributed by atoms with Crippen LogP contribution in [0.1, 0.15) is 32.4 Å². The summed E-state index contributed by atoms with van der Waals surface area (Å²) in [6.07, 6.45) is 0. The SMILES string of the molecule is CCn1c(=O)[nH]c(=O)c2[nH]c(-c3snnc3C(C)C)nc21. The van der Waals surface area contributed by atoms with Gasteiger partial charge in [0.05, 0.1) is 5.69 Å². The lowest BCUT2D eigenvalue weighted by Gasteiger charge is -2.00. The van der Waals surface area contributed by atoms with Crippen LogP contribution in [0.4, 0.5) is 0 Å². The van der Waals surface area contributed by atoms with Crippen molar-refractivity contribution in [3.63, 3.8) is 0 Å². The first-order valence-corrected chi connectivity index (χ1v) is 7.35. The second-order valence-electron chi connectivity index (χ2n) is 4.93. The average Bonchev–Trinajstić information content (AvgIpc) is 3.04. The zero-order valence-corrected chi connectivity index (χ0v) is 12.6. The fourth-order valence-corrected chi connectivity index (χ4v) is 2.95. The van der Waals surface area contributed by atoms with Crippen LogP contribution in [0.3, 0.4) is 0 Å². The second-order valence-corrected chi connectivity index (χ2v) is 5.68. The van der Waals surface area contributed by atoms with Crippen LogP contribution in [0.25, 0.3) is 21.9 Å². The summed E-state index contributed by atoms with van der Waals surface area (Å²) in [4.78, 5) is 34.1. The number of aryl methyl sites for hydroxylation is 1. The Morgan fingerprint density at radius 1 is 1.29 bits per heavy atom. The molecule has 21 heavy (non-hydrogen) atoms. The van der Waals surface area contributed by atoms with Crippen LogP contribution in [0.5, 0.6) is 0 Å². The number of hydrogen-bond donors (Lipinski definition) is 2. The van der Waals surface area contributed by atoms with Gasteiger partial charge in [0.2, 0.25) is 0 Å². The largest absolute Gasteiger partial charge is 0.331 e. The minimum absolute atomic E-state index is 0.193. The first kappa shape index (κ1) is 13.7. The molecule has 0 spiro atoms. The van der Waals surface area contributed by atoms with Crippen molar-refractivity contribution >= 4 is 22.7 Å². The van der Waals surface area contributed by atoms with Gasteiger partial charge in [-0.25, -0.2) is 9.78 Å². The van der Waals surface area contributed by atoms with E-state index in [4.69, 9.17) is 0 Å². The predicted molar refractivity (Wildman–Crippen MR) is 79.6 cm³/mol. The minimum Gasteiger partial charge on any atom is -0.331 e. The van der Waals surface area contributed by atoms with Crippen LogP contribution < -0.4 is 11.2 Å². The molecule has 0 unspecified atom stereocenters. The summed E-state index contributed by atoms with van der Waals surface area (Å²) >= 11 is 1.22. The summed E-state index contributed by atoms with van der Waals surface area (Å²) in [5.74, 6) is 0.709. The number of nitrogens with one attached hydrogen (secondary N) is 2. The summed E-state index contributed by atoms with van der Waals surface area (Å²) in [7, 11) is 0. The Hall–Kier alpha value is -2.29. The average molecular weight is 306 g/mol. The van der Waals surface area contributed by atoms with Crippen molar-refractivity contribution < 1.29 is 0 Å². The van der Waals surface area contributed by atoms with Gasteiger partial charge in [-0.1, -0.05) is 18.3 Å². The molecule has 0 fully saturated rings. The Morgan fingerprint density at radius 3 is 2.71 bits per heavy atom. The van der Waals surface area contributed by atoms with E-state index in [-0.39, 0.29) is 11.4 Å². The van der Waals surface area contributed by atoms with Gasteiger partial charge in [-0.3, -0.25) is 14.3 Å². The van der Waals surface area contributed by atoms with Crippen molar-refractivity contribution in [2.24, 2.45) is 0 Å². The summed E-state index contributed by atoms with van der Waals surface area (Å²) in [6.45, 7) is 6.27. The van der Waals surface area contributed by atoms with E-state index in [2.05, 4.69) is 24.5 Å². The lowest BCUT2D eigenvalue weighted by atomic mass is 10.1. The standard InChI is InChI=1S/C12H14N6O2S/c1-4-18-10-7(11(19)15-12(18)20)13-9(14-10)8-6(5(2)3)16-17-21-8/h5H,4H2,1-3H3,(H,13,14)(H,15,19,20). The second kappa shape index (κ2) is 4.92. The van der Waals surface area contributed by atoms with Crippen LogP contribution in [0.15, 0.2) is 9.59 Å². The van der Waals surface area contributed by atoms with Gasteiger partial charge in [0, 0.05) is 6.54 Å². The van der Waals surface area contributed by atoms with Crippen LogP contribution in [-0.2, 0) is 6.54 Å². The fraction of sp³-hybridized carbons (Fsp3) is 0.417. The van der Waals surface area contributed by atoms with Crippen molar-refractivity contribution in [2.75, 3.05) is 0 Å². The Bertz CT molecular complexity index is 916. The van der Waals surface area contributed by atoms with Gasteiger partial charge in [0.1, 0.15) is 10.4 Å². The van der Waals surface area contributed by atoms with E-state index >= 15 is 0 Å². The molecule has 0 saturated carbocycles. The van der Waals surface area contributed by atoms with E-state index in [9.17, 15) is 9.59 Å². The fourth-order valence-electron chi connectivity index (χ4n) is 2.18. The molecule has 0 saturated heterocycles. The number of nitrogens with zero attached hydrogens (tertiary/aromatic N) is 4. The molecule has 0 aliphatic heterocycles. The van der Waals surface area contributed by atoms with Crippen molar-refractivity contribution in [2.45, 2.75) is 33.2 Å². The molecule has 9 heteroatoms. The van der Waals surface area contributed by atoms with E-state index in [1.807, 2.05) is 20.8 Å². The van der Waals surface area contributed by atoms with E-state index in [0.717, 1.165) is 10.6 Å². The molecule has 3 heterocycles. The molecule has 8 nitrogen and oxygen atoms in total. The maximum atomic E-state index is 11.9. The molecular weight excluding hydrogens is 292 g/mol. The first-order valence-electron chi connectivity index (χ1n) is 6.58. The maximum absolute atomic E-state index is 11.9. The van der Waals surface area contributed by atoms with Gasteiger partial charge in [-0.05, 0) is 24.4 Å². The van der Waals surface area contributed by atoms with E-state index < -0.39 is 11.2 Å². The summed E-state index contributed by atoms with van der Waals surface area (Å²) in [6, 6.07) is 0. The van der Waals surface area contributed by atoms with Crippen LogP contribution in [0.2, 0.25) is 0 Å². The monoisotopic (exact) mass is 306 g/mol. The third-order valence-corrected chi connectivity index (χ3v) is 3.97. The first-order chi connectivity index (χ1) is 10.0. The Kier molecular flexibility index (Phi) is 3.20. The third kappa shape index (κ3) is 2.09. The van der Waals surface area contributed by atoms with Crippen molar-refractivity contribution in [1.29, 1.82) is 0 Å². The normalized spacial score (nSPS) is 11.6. The van der Waals surface area contributed by atoms with Gasteiger partial charge in [-0.15, -0.1) is 5.10 Å². The number of fused-ring (bicyclic) bond motifs is 1. The number of rotatable bonds is 3. The molecule has 0 atom stereocenters. The molecule has 0 radical (unpaired) electrons. The Balaban J connectivity index is 2.31. The molecule has 2 N–H and O–H groups in total. The van der Waals surface area contributed by atoms with E-state index in [0.29, 0.717) is 18.0 Å². The molecule has 0 amide bonds. The highest BCUT2D eigenvalue weighted by molar-refractivity contribution is 7.09. The molecule has 3 rings (SSSR count). The number of imidazole rings is 1. The lowest BCUT2D eigenvalue weighted by molar-refractivity contribution is 0.720. The quantitative estimate of drug-likeness (QED) is 0.752. The summed E-state index contributed by atoms with van der Waals surface area (Å²) < 4.78 is 5.37. The van der Waals surface area contributed by atoms with Crippen molar-refractivity contribution in [3.8, 4) is 10.7 Å². The Morgan fingerprint density at radius 2 is 2.05 bits per heavy atom. The molecular formula is C12H14N6O2S. The zero-order chi connectivity index (χ0) is 15.1. The number of H-pyrrole nitrogens is 2. The van der Waals surface area contributed by atoms with Crippen LogP contribution >= 0.6 is 11.5 Å². The number of aromatic amines is 2. The van der Waals surface area contributed by atoms with Crippen LogP contribution in [0, 0.1) is 0 Å². The highest BCUT2D eigenvalue weighted by Gasteiger charge is 2.19. The summed E-state index contributed by atoms with van der Waals surface area (Å²) in [5.41, 5.74) is 0.529. The van der Waals surface area contributed by atoms with Gasteiger partial charge < -0.3 is 4.98 Å². The van der Waals surface area contributed by atoms with Crippen molar-refractivity contribution in [1.82, 2.24) is 29.1 Å². The van der Waals surface area contributed by atoms with Crippen molar-refractivity contribution in [3.05, 3.63) is 26.5 Å². The minimum atomic E-state index is -0.470.